The average molecular weight is 562 g/mol. The van der Waals surface area contributed by atoms with Crippen LogP contribution in [0.4, 0.5) is 5.69 Å². The van der Waals surface area contributed by atoms with Crippen LogP contribution in [0.25, 0.3) is 0 Å². The van der Waals surface area contributed by atoms with Gasteiger partial charge in [0.05, 0.1) is 19.8 Å². The van der Waals surface area contributed by atoms with E-state index >= 15 is 0 Å². The van der Waals surface area contributed by atoms with E-state index in [-0.39, 0.29) is 0 Å². The number of nitrogen functional groups attached to an aromatic ring is 1. The fourth-order valence-corrected chi connectivity index (χ4v) is 5.20. The molecule has 0 fully saturated rings. The van der Waals surface area contributed by atoms with Crippen LogP contribution in [0, 0.1) is 0 Å². The topological polar surface area (TPSA) is 53.7 Å². The first-order chi connectivity index (χ1) is 19.7. The molecule has 0 aromatic heterocycles. The van der Waals surface area contributed by atoms with Crippen molar-refractivity contribution >= 4 is 5.69 Å². The summed E-state index contributed by atoms with van der Waals surface area (Å²) in [6, 6.07) is 3.83. The highest BCUT2D eigenvalue weighted by molar-refractivity contribution is 5.60. The Hall–Kier alpha value is -1.58. The van der Waals surface area contributed by atoms with E-state index in [9.17, 15) is 0 Å². The summed E-state index contributed by atoms with van der Waals surface area (Å²) in [7, 11) is 0. The number of benzene rings is 1. The molecular weight excluding hydrogens is 494 g/mol. The lowest BCUT2D eigenvalue weighted by atomic mass is 10.1. The van der Waals surface area contributed by atoms with Gasteiger partial charge in [0.1, 0.15) is 0 Å². The number of hydrogen-bond donors (Lipinski definition) is 1. The monoisotopic (exact) mass is 562 g/mol. The normalized spacial score (nSPS) is 11.2. The Kier molecular flexibility index (Phi) is 25.1. The number of anilines is 1. The van der Waals surface area contributed by atoms with E-state index in [4.69, 9.17) is 19.9 Å². The standard InChI is InChI=1S/C36H67NO3/c1-4-7-10-13-16-19-22-25-28-38-34-31-33(37)32-35(39-29-26-23-20-17-14-11-8-5-2)36(34)40-30-27-24-21-18-15-12-9-6-3/h31-32H,4-30,37H2,1-3H3. The second-order valence-corrected chi connectivity index (χ2v) is 11.8. The minimum atomic E-state index is 0.677. The van der Waals surface area contributed by atoms with E-state index in [0.717, 1.165) is 36.5 Å². The third kappa shape index (κ3) is 20.3. The highest BCUT2D eigenvalue weighted by Gasteiger charge is 2.15. The van der Waals surface area contributed by atoms with Crippen LogP contribution in [0.15, 0.2) is 12.1 Å². The molecule has 4 heteroatoms. The molecule has 0 bridgehead atoms. The van der Waals surface area contributed by atoms with Crippen LogP contribution >= 0.6 is 0 Å². The lowest BCUT2D eigenvalue weighted by molar-refractivity contribution is 0.234. The van der Waals surface area contributed by atoms with Crippen molar-refractivity contribution in [3.8, 4) is 17.2 Å². The second-order valence-electron chi connectivity index (χ2n) is 11.8. The Labute approximate surface area is 249 Å². The smallest absolute Gasteiger partial charge is 0.203 e. The van der Waals surface area contributed by atoms with Gasteiger partial charge < -0.3 is 19.9 Å². The number of rotatable bonds is 30. The van der Waals surface area contributed by atoms with Crippen molar-refractivity contribution in [3.05, 3.63) is 12.1 Å². The highest BCUT2D eigenvalue weighted by Crippen LogP contribution is 2.40. The van der Waals surface area contributed by atoms with E-state index in [1.54, 1.807) is 0 Å². The fourth-order valence-electron chi connectivity index (χ4n) is 5.20. The van der Waals surface area contributed by atoms with Gasteiger partial charge in [-0.2, -0.15) is 0 Å². The van der Waals surface area contributed by atoms with E-state index in [0.29, 0.717) is 25.5 Å². The summed E-state index contributed by atoms with van der Waals surface area (Å²) in [5.41, 5.74) is 6.95. The number of hydrogen-bond acceptors (Lipinski definition) is 4. The summed E-state index contributed by atoms with van der Waals surface area (Å²) >= 11 is 0. The maximum atomic E-state index is 6.33. The molecule has 1 aromatic carbocycles. The molecule has 40 heavy (non-hydrogen) atoms. The van der Waals surface area contributed by atoms with Gasteiger partial charge in [-0.3, -0.25) is 0 Å². The summed E-state index contributed by atoms with van der Waals surface area (Å²) in [6.07, 6.45) is 30.9. The number of unbranched alkanes of at least 4 members (excludes halogenated alkanes) is 21. The average Bonchev–Trinajstić information content (AvgIpc) is 2.95. The fraction of sp³-hybridized carbons (Fsp3) is 0.833. The van der Waals surface area contributed by atoms with Crippen LogP contribution in [0.5, 0.6) is 17.2 Å². The van der Waals surface area contributed by atoms with Crippen molar-refractivity contribution in [1.82, 2.24) is 0 Å². The molecule has 1 aromatic rings. The molecule has 234 valence electrons. The Morgan fingerprint density at radius 2 is 0.675 bits per heavy atom. The van der Waals surface area contributed by atoms with Gasteiger partial charge in [0.25, 0.3) is 0 Å². The predicted octanol–water partition coefficient (Wildman–Crippen LogP) is 11.8. The number of ether oxygens (including phenoxy) is 3. The quantitative estimate of drug-likeness (QED) is 0.0749. The van der Waals surface area contributed by atoms with Crippen molar-refractivity contribution in [2.45, 2.75) is 175 Å². The molecule has 0 unspecified atom stereocenters. The molecule has 0 atom stereocenters. The molecule has 2 N–H and O–H groups in total. The summed E-state index contributed by atoms with van der Waals surface area (Å²) < 4.78 is 18.8. The van der Waals surface area contributed by atoms with Crippen molar-refractivity contribution in [2.75, 3.05) is 25.6 Å². The Bertz CT molecular complexity index is 635. The molecule has 0 saturated heterocycles. The van der Waals surface area contributed by atoms with Crippen LogP contribution in [-0.4, -0.2) is 19.8 Å². The molecule has 0 saturated carbocycles. The van der Waals surface area contributed by atoms with Gasteiger partial charge >= 0.3 is 0 Å². The SMILES string of the molecule is CCCCCCCCCCOc1cc(N)cc(OCCCCCCCCCC)c1OCCCCCCCCCC. The van der Waals surface area contributed by atoms with E-state index < -0.39 is 0 Å². The molecule has 0 aliphatic heterocycles. The van der Waals surface area contributed by atoms with Gasteiger partial charge in [0.2, 0.25) is 5.75 Å². The first-order valence-electron chi connectivity index (χ1n) is 17.5. The van der Waals surface area contributed by atoms with Gasteiger partial charge in [0.15, 0.2) is 11.5 Å². The minimum absolute atomic E-state index is 0.677. The zero-order valence-corrected chi connectivity index (χ0v) is 27.0. The first kappa shape index (κ1) is 36.4. The first-order valence-corrected chi connectivity index (χ1v) is 17.5. The van der Waals surface area contributed by atoms with Crippen LogP contribution in [0.3, 0.4) is 0 Å². The third-order valence-corrected chi connectivity index (χ3v) is 7.80. The summed E-state index contributed by atoms with van der Waals surface area (Å²) in [4.78, 5) is 0. The summed E-state index contributed by atoms with van der Waals surface area (Å²) in [5.74, 6) is 2.23. The molecular formula is C36H67NO3. The van der Waals surface area contributed by atoms with E-state index in [2.05, 4.69) is 20.8 Å². The molecule has 4 nitrogen and oxygen atoms in total. The number of nitrogens with two attached hydrogens (primary N) is 1. The Morgan fingerprint density at radius 3 is 1.00 bits per heavy atom. The largest absolute Gasteiger partial charge is 0.489 e. The van der Waals surface area contributed by atoms with E-state index in [1.165, 1.54) is 135 Å². The van der Waals surface area contributed by atoms with Crippen LogP contribution < -0.4 is 19.9 Å². The van der Waals surface area contributed by atoms with E-state index in [1.807, 2.05) is 12.1 Å². The van der Waals surface area contributed by atoms with Gasteiger partial charge in [-0.15, -0.1) is 0 Å². The second kappa shape index (κ2) is 27.6. The molecule has 0 aliphatic carbocycles. The molecule has 1 rings (SSSR count). The summed E-state index contributed by atoms with van der Waals surface area (Å²) in [6.45, 7) is 8.91. The minimum Gasteiger partial charge on any atom is -0.489 e. The van der Waals surface area contributed by atoms with Crippen molar-refractivity contribution in [1.29, 1.82) is 0 Å². The van der Waals surface area contributed by atoms with Crippen molar-refractivity contribution < 1.29 is 14.2 Å². The predicted molar refractivity (Wildman–Crippen MR) is 175 cm³/mol. The zero-order valence-electron chi connectivity index (χ0n) is 27.0. The summed E-state index contributed by atoms with van der Waals surface area (Å²) in [5, 5.41) is 0. The van der Waals surface area contributed by atoms with Gasteiger partial charge in [-0.25, -0.2) is 0 Å². The zero-order chi connectivity index (χ0) is 28.9. The Morgan fingerprint density at radius 1 is 0.400 bits per heavy atom. The molecule has 0 spiro atoms. The molecule has 0 aliphatic rings. The van der Waals surface area contributed by atoms with Gasteiger partial charge in [-0.1, -0.05) is 156 Å². The van der Waals surface area contributed by atoms with Crippen LogP contribution in [-0.2, 0) is 0 Å². The maximum absolute atomic E-state index is 6.33. The third-order valence-electron chi connectivity index (χ3n) is 7.80. The molecule has 0 heterocycles. The maximum Gasteiger partial charge on any atom is 0.203 e. The van der Waals surface area contributed by atoms with Crippen molar-refractivity contribution in [2.24, 2.45) is 0 Å². The lowest BCUT2D eigenvalue weighted by Gasteiger charge is -2.18. The lowest BCUT2D eigenvalue weighted by Crippen LogP contribution is -2.07. The highest BCUT2D eigenvalue weighted by atomic mass is 16.5. The van der Waals surface area contributed by atoms with Crippen LogP contribution in [0.1, 0.15) is 175 Å². The molecule has 0 radical (unpaired) electrons. The van der Waals surface area contributed by atoms with Gasteiger partial charge in [0, 0.05) is 17.8 Å². The van der Waals surface area contributed by atoms with Crippen LogP contribution in [0.2, 0.25) is 0 Å². The Balaban J connectivity index is 2.53. The molecule has 0 amide bonds. The van der Waals surface area contributed by atoms with Gasteiger partial charge in [-0.05, 0) is 19.3 Å². The van der Waals surface area contributed by atoms with Crippen molar-refractivity contribution in [3.63, 3.8) is 0 Å².